The minimum Gasteiger partial charge on any atom is -0.310 e. The maximum Gasteiger partial charge on any atom is 0.145 e. The molecule has 19 heavy (non-hydrogen) atoms. The summed E-state index contributed by atoms with van der Waals surface area (Å²) in [5, 5.41) is 3.28. The Morgan fingerprint density at radius 1 is 1.21 bits per heavy atom. The lowest BCUT2D eigenvalue weighted by molar-refractivity contribution is 0.341. The minimum absolute atomic E-state index is 0.156. The van der Waals surface area contributed by atoms with E-state index in [1.54, 1.807) is 0 Å². The molecule has 2 unspecified atom stereocenters. The molecule has 0 aliphatic rings. The predicted octanol–water partition coefficient (Wildman–Crippen LogP) is 5.20. The van der Waals surface area contributed by atoms with Gasteiger partial charge in [0.2, 0.25) is 0 Å². The minimum atomic E-state index is -0.489. The van der Waals surface area contributed by atoms with E-state index in [0.717, 1.165) is 25.8 Å². The Bertz CT molecular complexity index is 409. The van der Waals surface area contributed by atoms with Gasteiger partial charge in [-0.25, -0.2) is 8.78 Å². The molecule has 2 atom stereocenters. The van der Waals surface area contributed by atoms with Gasteiger partial charge < -0.3 is 5.32 Å². The molecule has 0 amide bonds. The highest BCUT2D eigenvalue weighted by Gasteiger charge is 2.25. The fourth-order valence-electron chi connectivity index (χ4n) is 2.34. The highest BCUT2D eigenvalue weighted by molar-refractivity contribution is 9.10. The van der Waals surface area contributed by atoms with Gasteiger partial charge in [0.15, 0.2) is 0 Å². The lowest BCUT2D eigenvalue weighted by Crippen LogP contribution is -2.29. The van der Waals surface area contributed by atoms with Crippen molar-refractivity contribution in [1.82, 2.24) is 5.32 Å². The smallest absolute Gasteiger partial charge is 0.145 e. The summed E-state index contributed by atoms with van der Waals surface area (Å²) in [5.74, 6) is -0.774. The quantitative estimate of drug-likeness (QED) is 0.676. The first kappa shape index (κ1) is 16.6. The molecule has 108 valence electrons. The molecule has 0 spiro atoms. The maximum absolute atomic E-state index is 14.2. The van der Waals surface area contributed by atoms with E-state index >= 15 is 0 Å². The molecule has 0 fully saturated rings. The number of rotatable bonds is 7. The summed E-state index contributed by atoms with van der Waals surface area (Å²) < 4.78 is 28.5. The Kier molecular flexibility index (Phi) is 6.94. The van der Waals surface area contributed by atoms with E-state index in [9.17, 15) is 8.78 Å². The monoisotopic (exact) mass is 333 g/mol. The summed E-state index contributed by atoms with van der Waals surface area (Å²) >= 11 is 3.14. The molecule has 4 heteroatoms. The first-order valence-electron chi connectivity index (χ1n) is 6.89. The third-order valence-electron chi connectivity index (χ3n) is 3.32. The lowest BCUT2D eigenvalue weighted by atomic mass is 9.90. The zero-order chi connectivity index (χ0) is 14.4. The van der Waals surface area contributed by atoms with Crippen LogP contribution in [0.15, 0.2) is 16.6 Å². The van der Waals surface area contributed by atoms with E-state index in [2.05, 4.69) is 28.2 Å². The highest BCUT2D eigenvalue weighted by Crippen LogP contribution is 2.32. The van der Waals surface area contributed by atoms with Gasteiger partial charge in [-0.2, -0.15) is 0 Å². The number of hydrogen-bond donors (Lipinski definition) is 1. The van der Waals surface area contributed by atoms with Crippen molar-refractivity contribution in [3.8, 4) is 0 Å². The van der Waals surface area contributed by atoms with Crippen molar-refractivity contribution in [2.45, 2.75) is 46.1 Å². The van der Waals surface area contributed by atoms with E-state index in [0.29, 0.717) is 4.47 Å². The molecule has 0 aromatic heterocycles. The number of benzene rings is 1. The van der Waals surface area contributed by atoms with Crippen LogP contribution < -0.4 is 5.32 Å². The van der Waals surface area contributed by atoms with Crippen LogP contribution in [0.25, 0.3) is 0 Å². The molecule has 0 saturated heterocycles. The van der Waals surface area contributed by atoms with Crippen molar-refractivity contribution < 1.29 is 8.78 Å². The predicted molar refractivity (Wildman–Crippen MR) is 79.2 cm³/mol. The molecular formula is C15H22BrF2N. The van der Waals surface area contributed by atoms with Gasteiger partial charge in [-0.3, -0.25) is 0 Å². The van der Waals surface area contributed by atoms with Crippen molar-refractivity contribution in [3.05, 3.63) is 33.8 Å². The topological polar surface area (TPSA) is 12.0 Å². The Hall–Kier alpha value is -0.480. The zero-order valence-electron chi connectivity index (χ0n) is 11.8. The molecule has 0 radical (unpaired) electrons. The van der Waals surface area contributed by atoms with Gasteiger partial charge in [-0.15, -0.1) is 0 Å². The van der Waals surface area contributed by atoms with Gasteiger partial charge in [-0.1, -0.05) is 27.2 Å². The highest BCUT2D eigenvalue weighted by atomic mass is 79.9. The average Bonchev–Trinajstić information content (AvgIpc) is 2.38. The SMILES string of the molecule is CCCNC(c1c(F)ccc(Br)c1F)C(C)CCC. The Morgan fingerprint density at radius 3 is 2.47 bits per heavy atom. The van der Waals surface area contributed by atoms with E-state index < -0.39 is 11.6 Å². The fourth-order valence-corrected chi connectivity index (χ4v) is 2.68. The molecule has 1 rings (SSSR count). The van der Waals surface area contributed by atoms with Gasteiger partial charge in [0.25, 0.3) is 0 Å². The summed E-state index contributed by atoms with van der Waals surface area (Å²) in [6.07, 6.45) is 2.88. The van der Waals surface area contributed by atoms with Crippen LogP contribution in [0.5, 0.6) is 0 Å². The third kappa shape index (κ3) is 4.25. The fraction of sp³-hybridized carbons (Fsp3) is 0.600. The van der Waals surface area contributed by atoms with E-state index in [4.69, 9.17) is 0 Å². The van der Waals surface area contributed by atoms with E-state index in [-0.39, 0.29) is 17.5 Å². The summed E-state index contributed by atoms with van der Waals surface area (Å²) in [5.41, 5.74) is 0.156. The van der Waals surface area contributed by atoms with E-state index in [1.807, 2.05) is 13.8 Å². The molecular weight excluding hydrogens is 312 g/mol. The van der Waals surface area contributed by atoms with Crippen LogP contribution in [0.4, 0.5) is 8.78 Å². The standard InChI is InChI=1S/C15H22BrF2N/c1-4-6-10(3)15(19-9-5-2)13-12(17)8-7-11(16)14(13)18/h7-8,10,15,19H,4-6,9H2,1-3H3. The van der Waals surface area contributed by atoms with Crippen molar-refractivity contribution in [2.75, 3.05) is 6.54 Å². The third-order valence-corrected chi connectivity index (χ3v) is 3.93. The molecule has 1 aromatic carbocycles. The van der Waals surface area contributed by atoms with Crippen molar-refractivity contribution >= 4 is 15.9 Å². The molecule has 1 N–H and O–H groups in total. The van der Waals surface area contributed by atoms with Crippen LogP contribution >= 0.6 is 15.9 Å². The summed E-state index contributed by atoms with van der Waals surface area (Å²) in [4.78, 5) is 0. The summed E-state index contributed by atoms with van der Waals surface area (Å²) in [7, 11) is 0. The van der Waals surface area contributed by atoms with Gasteiger partial charge in [0, 0.05) is 11.6 Å². The average molecular weight is 334 g/mol. The van der Waals surface area contributed by atoms with Gasteiger partial charge in [0.05, 0.1) is 4.47 Å². The van der Waals surface area contributed by atoms with Crippen LogP contribution in [0.3, 0.4) is 0 Å². The molecule has 0 saturated carbocycles. The second-order valence-electron chi connectivity index (χ2n) is 4.95. The molecule has 0 aliphatic heterocycles. The molecule has 1 nitrogen and oxygen atoms in total. The molecule has 0 heterocycles. The first-order chi connectivity index (χ1) is 9.02. The van der Waals surface area contributed by atoms with Gasteiger partial charge >= 0.3 is 0 Å². The van der Waals surface area contributed by atoms with E-state index in [1.165, 1.54) is 12.1 Å². The van der Waals surface area contributed by atoms with Crippen molar-refractivity contribution in [2.24, 2.45) is 5.92 Å². The Labute approximate surface area is 122 Å². The van der Waals surface area contributed by atoms with Gasteiger partial charge in [-0.05, 0) is 53.4 Å². The Morgan fingerprint density at radius 2 is 1.89 bits per heavy atom. The lowest BCUT2D eigenvalue weighted by Gasteiger charge is -2.26. The first-order valence-corrected chi connectivity index (χ1v) is 7.68. The van der Waals surface area contributed by atoms with Crippen molar-refractivity contribution in [1.29, 1.82) is 0 Å². The van der Waals surface area contributed by atoms with Crippen LogP contribution in [0, 0.1) is 17.6 Å². The summed E-state index contributed by atoms with van der Waals surface area (Å²) in [6, 6.07) is 2.45. The summed E-state index contributed by atoms with van der Waals surface area (Å²) in [6.45, 7) is 6.92. The largest absolute Gasteiger partial charge is 0.310 e. The molecule has 1 aromatic rings. The molecule has 0 bridgehead atoms. The number of halogens is 3. The van der Waals surface area contributed by atoms with Crippen LogP contribution in [0.2, 0.25) is 0 Å². The van der Waals surface area contributed by atoms with Crippen LogP contribution in [-0.4, -0.2) is 6.54 Å². The number of hydrogen-bond acceptors (Lipinski definition) is 1. The number of nitrogens with one attached hydrogen (secondary N) is 1. The van der Waals surface area contributed by atoms with Gasteiger partial charge in [0.1, 0.15) is 11.6 Å². The molecule has 0 aliphatic carbocycles. The van der Waals surface area contributed by atoms with Crippen molar-refractivity contribution in [3.63, 3.8) is 0 Å². The second-order valence-corrected chi connectivity index (χ2v) is 5.81. The normalized spacial score (nSPS) is 14.4. The zero-order valence-corrected chi connectivity index (χ0v) is 13.4. The van der Waals surface area contributed by atoms with Crippen LogP contribution in [-0.2, 0) is 0 Å². The van der Waals surface area contributed by atoms with Crippen LogP contribution in [0.1, 0.15) is 51.6 Å². The Balaban J connectivity index is 3.12. The second kappa shape index (κ2) is 7.95. The maximum atomic E-state index is 14.2.